The summed E-state index contributed by atoms with van der Waals surface area (Å²) in [6.07, 6.45) is 0.322. The number of hydrogen-bond acceptors (Lipinski definition) is 7. The van der Waals surface area contributed by atoms with Gasteiger partial charge in [-0.1, -0.05) is 11.3 Å². The van der Waals surface area contributed by atoms with Crippen molar-refractivity contribution in [3.63, 3.8) is 0 Å². The Morgan fingerprint density at radius 2 is 1.87 bits per heavy atom. The van der Waals surface area contributed by atoms with Crippen molar-refractivity contribution in [3.05, 3.63) is 52.8 Å². The minimum Gasteiger partial charge on any atom is -0.497 e. The van der Waals surface area contributed by atoms with E-state index < -0.39 is 5.97 Å². The number of thiazole rings is 1. The summed E-state index contributed by atoms with van der Waals surface area (Å²) in [6.45, 7) is 1.04. The Labute approximate surface area is 188 Å². The van der Waals surface area contributed by atoms with Crippen LogP contribution in [0, 0.1) is 0 Å². The lowest BCUT2D eigenvalue weighted by atomic mass is 10.2. The summed E-state index contributed by atoms with van der Waals surface area (Å²) in [4.78, 5) is 30.4. The fraction of sp³-hybridized carbons (Fsp3) is 0.318. The number of aromatic nitrogens is 1. The van der Waals surface area contributed by atoms with E-state index >= 15 is 0 Å². The van der Waals surface area contributed by atoms with Gasteiger partial charge in [-0.05, 0) is 42.5 Å². The molecular weight excluding hydrogens is 436 g/mol. The van der Waals surface area contributed by atoms with Crippen LogP contribution in [-0.2, 0) is 20.8 Å². The minimum atomic E-state index is -0.399. The van der Waals surface area contributed by atoms with E-state index in [1.54, 1.807) is 38.1 Å². The quantitative estimate of drug-likeness (QED) is 0.357. The zero-order chi connectivity index (χ0) is 22.2. The van der Waals surface area contributed by atoms with Crippen molar-refractivity contribution >= 4 is 45.2 Å². The molecule has 0 unspecified atom stereocenters. The third kappa shape index (κ3) is 5.96. The molecule has 0 saturated carbocycles. The molecule has 3 rings (SSSR count). The molecule has 1 amide bonds. The van der Waals surface area contributed by atoms with Gasteiger partial charge in [0.15, 0.2) is 4.80 Å². The summed E-state index contributed by atoms with van der Waals surface area (Å²) in [7, 11) is 4.61. The average Bonchev–Trinajstić information content (AvgIpc) is 3.13. The number of esters is 1. The highest BCUT2D eigenvalue weighted by molar-refractivity contribution is 7.99. The number of methoxy groups -OCH3 is 3. The van der Waals surface area contributed by atoms with Gasteiger partial charge in [0, 0.05) is 30.7 Å². The molecule has 1 aromatic heterocycles. The molecule has 0 atom stereocenters. The average molecular weight is 461 g/mol. The molecule has 0 saturated heterocycles. The van der Waals surface area contributed by atoms with Crippen LogP contribution in [0.5, 0.6) is 5.75 Å². The Bertz CT molecular complexity index is 1120. The van der Waals surface area contributed by atoms with Crippen molar-refractivity contribution in [3.8, 4) is 5.75 Å². The zero-order valence-electron chi connectivity index (χ0n) is 17.6. The third-order valence-electron chi connectivity index (χ3n) is 4.49. The van der Waals surface area contributed by atoms with Crippen LogP contribution in [0.2, 0.25) is 0 Å². The second-order valence-corrected chi connectivity index (χ2v) is 8.66. The van der Waals surface area contributed by atoms with Gasteiger partial charge in [0.1, 0.15) is 5.75 Å². The molecule has 0 aliphatic carbocycles. The van der Waals surface area contributed by atoms with E-state index in [9.17, 15) is 9.59 Å². The molecule has 0 aliphatic rings. The van der Waals surface area contributed by atoms with Crippen molar-refractivity contribution < 1.29 is 23.8 Å². The standard InChI is InChI=1S/C22H24N2O5S2/c1-27-12-11-24-18-9-4-15(21(26)29-3)14-19(18)31-22(24)23-20(25)10-13-30-17-7-5-16(28-2)6-8-17/h4-9,14H,10-13H2,1-3H3. The van der Waals surface area contributed by atoms with Gasteiger partial charge in [0.05, 0.1) is 36.6 Å². The Balaban J connectivity index is 1.77. The summed E-state index contributed by atoms with van der Waals surface area (Å²) in [6, 6.07) is 13.0. The first kappa shape index (κ1) is 23.1. The highest BCUT2D eigenvalue weighted by Gasteiger charge is 2.12. The maximum absolute atomic E-state index is 12.5. The Kier molecular flexibility index (Phi) is 8.27. The van der Waals surface area contributed by atoms with Crippen molar-refractivity contribution in [2.75, 3.05) is 33.7 Å². The van der Waals surface area contributed by atoms with Gasteiger partial charge in [-0.25, -0.2) is 4.79 Å². The molecule has 31 heavy (non-hydrogen) atoms. The normalized spacial score (nSPS) is 11.6. The molecule has 0 spiro atoms. The van der Waals surface area contributed by atoms with Gasteiger partial charge < -0.3 is 18.8 Å². The fourth-order valence-corrected chi connectivity index (χ4v) is 4.85. The zero-order valence-corrected chi connectivity index (χ0v) is 19.3. The van der Waals surface area contributed by atoms with E-state index in [1.807, 2.05) is 34.9 Å². The van der Waals surface area contributed by atoms with E-state index in [0.717, 1.165) is 20.9 Å². The van der Waals surface area contributed by atoms with Crippen LogP contribution in [0.15, 0.2) is 52.4 Å². The molecule has 0 N–H and O–H groups in total. The van der Waals surface area contributed by atoms with E-state index in [-0.39, 0.29) is 5.91 Å². The molecular formula is C22H24N2O5S2. The Morgan fingerprint density at radius 1 is 1.10 bits per heavy atom. The molecule has 164 valence electrons. The summed E-state index contributed by atoms with van der Waals surface area (Å²) in [5.74, 6) is 0.844. The largest absolute Gasteiger partial charge is 0.497 e. The lowest BCUT2D eigenvalue weighted by molar-refractivity contribution is -0.117. The second-order valence-electron chi connectivity index (χ2n) is 6.48. The first-order valence-corrected chi connectivity index (χ1v) is 11.4. The smallest absolute Gasteiger partial charge is 0.337 e. The minimum absolute atomic E-state index is 0.188. The van der Waals surface area contributed by atoms with Gasteiger partial charge >= 0.3 is 5.97 Å². The van der Waals surface area contributed by atoms with E-state index in [1.165, 1.54) is 18.4 Å². The topological polar surface area (TPSA) is 79.1 Å². The molecule has 0 aliphatic heterocycles. The lowest BCUT2D eigenvalue weighted by Gasteiger charge is -2.05. The molecule has 7 nitrogen and oxygen atoms in total. The first-order chi connectivity index (χ1) is 15.0. The Hall–Kier alpha value is -2.62. The highest BCUT2D eigenvalue weighted by atomic mass is 32.2. The fourth-order valence-electron chi connectivity index (χ4n) is 2.89. The van der Waals surface area contributed by atoms with Crippen LogP contribution >= 0.6 is 23.1 Å². The van der Waals surface area contributed by atoms with Gasteiger partial charge in [0.2, 0.25) is 5.91 Å². The van der Waals surface area contributed by atoms with Gasteiger partial charge in [-0.3, -0.25) is 4.79 Å². The van der Waals surface area contributed by atoms with Crippen LogP contribution in [0.3, 0.4) is 0 Å². The molecule has 9 heteroatoms. The van der Waals surface area contributed by atoms with Crippen LogP contribution in [-0.4, -0.2) is 50.1 Å². The number of rotatable bonds is 9. The molecule has 0 fully saturated rings. The van der Waals surface area contributed by atoms with Crippen molar-refractivity contribution in [2.24, 2.45) is 4.99 Å². The van der Waals surface area contributed by atoms with E-state index in [2.05, 4.69) is 4.99 Å². The number of nitrogens with zero attached hydrogens (tertiary/aromatic N) is 2. The first-order valence-electron chi connectivity index (χ1n) is 9.60. The highest BCUT2D eigenvalue weighted by Crippen LogP contribution is 2.22. The summed E-state index contributed by atoms with van der Waals surface area (Å²) in [5, 5.41) is 0. The third-order valence-corrected chi connectivity index (χ3v) is 6.54. The molecule has 2 aromatic carbocycles. The van der Waals surface area contributed by atoms with Crippen molar-refractivity contribution in [1.29, 1.82) is 0 Å². The summed E-state index contributed by atoms with van der Waals surface area (Å²) < 4.78 is 18.0. The number of fused-ring (bicyclic) bond motifs is 1. The second kappa shape index (κ2) is 11.1. The number of benzene rings is 2. The van der Waals surface area contributed by atoms with Crippen LogP contribution < -0.4 is 9.54 Å². The van der Waals surface area contributed by atoms with E-state index in [0.29, 0.717) is 35.7 Å². The maximum atomic E-state index is 12.5. The predicted molar refractivity (Wildman–Crippen MR) is 122 cm³/mol. The number of hydrogen-bond donors (Lipinski definition) is 0. The SMILES string of the molecule is COCCn1c(=NC(=O)CCSc2ccc(OC)cc2)sc2cc(C(=O)OC)ccc21. The lowest BCUT2D eigenvalue weighted by Crippen LogP contribution is -2.19. The molecule has 0 bridgehead atoms. The van der Waals surface area contributed by atoms with Crippen LogP contribution in [0.4, 0.5) is 0 Å². The number of thioether (sulfide) groups is 1. The Morgan fingerprint density at radius 3 is 2.55 bits per heavy atom. The van der Waals surface area contributed by atoms with Crippen LogP contribution in [0.25, 0.3) is 10.2 Å². The maximum Gasteiger partial charge on any atom is 0.337 e. The number of carbonyl (C=O) groups is 2. The number of amides is 1. The number of ether oxygens (including phenoxy) is 3. The monoisotopic (exact) mass is 460 g/mol. The van der Waals surface area contributed by atoms with Gasteiger partial charge in [-0.2, -0.15) is 4.99 Å². The summed E-state index contributed by atoms with van der Waals surface area (Å²) in [5.41, 5.74) is 1.36. The molecule has 3 aromatic rings. The number of carbonyl (C=O) groups excluding carboxylic acids is 2. The molecule has 1 heterocycles. The summed E-state index contributed by atoms with van der Waals surface area (Å²) >= 11 is 2.97. The van der Waals surface area contributed by atoms with Gasteiger partial charge in [-0.15, -0.1) is 11.8 Å². The van der Waals surface area contributed by atoms with Crippen molar-refractivity contribution in [1.82, 2.24) is 4.57 Å². The van der Waals surface area contributed by atoms with Crippen molar-refractivity contribution in [2.45, 2.75) is 17.9 Å². The van der Waals surface area contributed by atoms with E-state index in [4.69, 9.17) is 14.2 Å². The predicted octanol–water partition coefficient (Wildman–Crippen LogP) is 3.75. The van der Waals surface area contributed by atoms with Crippen LogP contribution in [0.1, 0.15) is 16.8 Å². The van der Waals surface area contributed by atoms with Gasteiger partial charge in [0.25, 0.3) is 0 Å². The molecule has 0 radical (unpaired) electrons.